The van der Waals surface area contributed by atoms with Gasteiger partial charge in [0.15, 0.2) is 0 Å². The van der Waals surface area contributed by atoms with Crippen LogP contribution in [0.25, 0.3) is 0 Å². The van der Waals surface area contributed by atoms with Gasteiger partial charge < -0.3 is 14.2 Å². The minimum atomic E-state index is -0.880. The molecular weight excluding hydrogens is 224 g/mol. The fourth-order valence-electron chi connectivity index (χ4n) is 1.60. The van der Waals surface area contributed by atoms with Crippen molar-refractivity contribution < 1.29 is 23.8 Å². The second-order valence-corrected chi connectivity index (χ2v) is 4.61. The molecule has 0 aromatic rings. The van der Waals surface area contributed by atoms with Crippen LogP contribution in [0.2, 0.25) is 0 Å². The molecule has 1 unspecified atom stereocenters. The lowest BCUT2D eigenvalue weighted by molar-refractivity contribution is -0.172. The van der Waals surface area contributed by atoms with E-state index in [-0.39, 0.29) is 25.3 Å². The minimum Gasteiger partial charge on any atom is -0.462 e. The minimum absolute atomic E-state index is 0.0211. The van der Waals surface area contributed by atoms with Gasteiger partial charge in [-0.15, -0.1) is 0 Å². The topological polar surface area (TPSA) is 61.8 Å². The fraction of sp³-hybridized carbons (Fsp3) is 0.833. The summed E-state index contributed by atoms with van der Waals surface area (Å²) in [5.74, 6) is -0.356. The van der Waals surface area contributed by atoms with Gasteiger partial charge in [0.25, 0.3) is 0 Å². The van der Waals surface area contributed by atoms with Crippen LogP contribution in [0.5, 0.6) is 0 Å². The molecule has 0 saturated carbocycles. The Balaban J connectivity index is 2.53. The Labute approximate surface area is 101 Å². The van der Waals surface area contributed by atoms with Gasteiger partial charge in [-0.2, -0.15) is 0 Å². The Morgan fingerprint density at radius 2 is 2.00 bits per heavy atom. The molecule has 1 saturated heterocycles. The molecule has 17 heavy (non-hydrogen) atoms. The highest BCUT2D eigenvalue weighted by atomic mass is 16.7. The lowest BCUT2D eigenvalue weighted by Crippen LogP contribution is -2.45. The SMILES string of the molecule is CCCC(CC)OC(=O)C1(C)COC(=O)OC1. The van der Waals surface area contributed by atoms with Crippen LogP contribution in [0.15, 0.2) is 0 Å². The maximum Gasteiger partial charge on any atom is 0.508 e. The third-order valence-electron chi connectivity index (χ3n) is 2.85. The third-order valence-corrected chi connectivity index (χ3v) is 2.85. The van der Waals surface area contributed by atoms with Crippen LogP contribution < -0.4 is 0 Å². The van der Waals surface area contributed by atoms with E-state index in [4.69, 9.17) is 14.2 Å². The number of cyclic esters (lactones) is 2. The zero-order valence-corrected chi connectivity index (χ0v) is 10.7. The van der Waals surface area contributed by atoms with E-state index in [0.29, 0.717) is 0 Å². The number of hydrogen-bond donors (Lipinski definition) is 0. The number of carbonyl (C=O) groups excluding carboxylic acids is 2. The molecule has 0 bridgehead atoms. The number of rotatable bonds is 5. The van der Waals surface area contributed by atoms with Gasteiger partial charge in [0.2, 0.25) is 0 Å². The molecule has 1 heterocycles. The molecule has 0 aliphatic carbocycles. The first-order valence-electron chi connectivity index (χ1n) is 6.02. The molecule has 0 aromatic carbocycles. The second-order valence-electron chi connectivity index (χ2n) is 4.61. The van der Waals surface area contributed by atoms with E-state index in [0.717, 1.165) is 19.3 Å². The molecule has 1 fully saturated rings. The quantitative estimate of drug-likeness (QED) is 0.694. The molecule has 1 rings (SSSR count). The Kier molecular flexibility index (Phi) is 4.78. The lowest BCUT2D eigenvalue weighted by atomic mass is 9.92. The maximum atomic E-state index is 12.0. The van der Waals surface area contributed by atoms with Gasteiger partial charge in [-0.3, -0.25) is 4.79 Å². The van der Waals surface area contributed by atoms with Crippen molar-refractivity contribution in [1.29, 1.82) is 0 Å². The number of carbonyl (C=O) groups is 2. The molecule has 98 valence electrons. The first-order valence-corrected chi connectivity index (χ1v) is 6.02. The summed E-state index contributed by atoms with van der Waals surface area (Å²) in [6.45, 7) is 5.75. The Morgan fingerprint density at radius 3 is 2.47 bits per heavy atom. The smallest absolute Gasteiger partial charge is 0.462 e. The van der Waals surface area contributed by atoms with Gasteiger partial charge in [0, 0.05) is 0 Å². The van der Waals surface area contributed by atoms with Crippen LogP contribution in [0.3, 0.4) is 0 Å². The fourth-order valence-corrected chi connectivity index (χ4v) is 1.60. The maximum absolute atomic E-state index is 12.0. The normalized spacial score (nSPS) is 20.1. The van der Waals surface area contributed by atoms with Crippen molar-refractivity contribution in [2.24, 2.45) is 5.41 Å². The summed E-state index contributed by atoms with van der Waals surface area (Å²) in [6, 6.07) is 0. The number of hydrogen-bond acceptors (Lipinski definition) is 5. The van der Waals surface area contributed by atoms with Crippen LogP contribution >= 0.6 is 0 Å². The first kappa shape index (κ1) is 13.8. The predicted molar refractivity (Wildman–Crippen MR) is 60.5 cm³/mol. The van der Waals surface area contributed by atoms with E-state index in [9.17, 15) is 9.59 Å². The molecule has 5 heteroatoms. The monoisotopic (exact) mass is 244 g/mol. The van der Waals surface area contributed by atoms with E-state index >= 15 is 0 Å². The lowest BCUT2D eigenvalue weighted by Gasteiger charge is -2.31. The van der Waals surface area contributed by atoms with Crippen molar-refractivity contribution in [2.45, 2.75) is 46.1 Å². The van der Waals surface area contributed by atoms with Crippen molar-refractivity contribution in [3.05, 3.63) is 0 Å². The van der Waals surface area contributed by atoms with Crippen molar-refractivity contribution in [3.8, 4) is 0 Å². The highest BCUT2D eigenvalue weighted by molar-refractivity contribution is 5.78. The van der Waals surface area contributed by atoms with Crippen LogP contribution in [0.1, 0.15) is 40.0 Å². The van der Waals surface area contributed by atoms with Gasteiger partial charge in [-0.25, -0.2) is 4.79 Å². The van der Waals surface area contributed by atoms with E-state index in [1.807, 2.05) is 13.8 Å². The summed E-state index contributed by atoms with van der Waals surface area (Å²) < 4.78 is 14.9. The third kappa shape index (κ3) is 3.61. The molecule has 5 nitrogen and oxygen atoms in total. The van der Waals surface area contributed by atoms with Gasteiger partial charge in [0.1, 0.15) is 24.7 Å². The van der Waals surface area contributed by atoms with Crippen molar-refractivity contribution in [1.82, 2.24) is 0 Å². The second kappa shape index (κ2) is 5.89. The van der Waals surface area contributed by atoms with Crippen LogP contribution in [-0.2, 0) is 19.0 Å². The van der Waals surface area contributed by atoms with Gasteiger partial charge in [-0.1, -0.05) is 20.3 Å². The molecule has 0 N–H and O–H groups in total. The van der Waals surface area contributed by atoms with Crippen LogP contribution in [-0.4, -0.2) is 31.4 Å². The van der Waals surface area contributed by atoms with E-state index < -0.39 is 11.6 Å². The zero-order chi connectivity index (χ0) is 12.9. The van der Waals surface area contributed by atoms with E-state index in [1.54, 1.807) is 6.92 Å². The molecule has 1 aliphatic heterocycles. The first-order chi connectivity index (χ1) is 8.01. The van der Waals surface area contributed by atoms with E-state index in [2.05, 4.69) is 0 Å². The number of ether oxygens (including phenoxy) is 3. The summed E-state index contributed by atoms with van der Waals surface area (Å²) in [4.78, 5) is 22.7. The van der Waals surface area contributed by atoms with Gasteiger partial charge >= 0.3 is 12.1 Å². The van der Waals surface area contributed by atoms with Gasteiger partial charge in [-0.05, 0) is 19.8 Å². The predicted octanol–water partition coefficient (Wildman–Crippen LogP) is 2.28. The van der Waals surface area contributed by atoms with Crippen LogP contribution in [0.4, 0.5) is 4.79 Å². The van der Waals surface area contributed by atoms with E-state index in [1.165, 1.54) is 0 Å². The average Bonchev–Trinajstić information content (AvgIpc) is 2.32. The summed E-state index contributed by atoms with van der Waals surface area (Å²) in [5.41, 5.74) is -0.880. The molecule has 0 radical (unpaired) electrons. The molecule has 1 atom stereocenters. The summed E-state index contributed by atoms with van der Waals surface area (Å²) in [7, 11) is 0. The molecule has 1 aliphatic rings. The Morgan fingerprint density at radius 1 is 1.41 bits per heavy atom. The van der Waals surface area contributed by atoms with Gasteiger partial charge in [0.05, 0.1) is 0 Å². The molecule has 0 amide bonds. The average molecular weight is 244 g/mol. The Bertz CT molecular complexity index is 277. The molecule has 0 aromatic heterocycles. The molecule has 0 spiro atoms. The zero-order valence-electron chi connectivity index (χ0n) is 10.7. The summed E-state index contributed by atoms with van der Waals surface area (Å²) in [6.07, 6.45) is 1.81. The highest BCUT2D eigenvalue weighted by Gasteiger charge is 2.42. The number of esters is 1. The summed E-state index contributed by atoms with van der Waals surface area (Å²) >= 11 is 0. The van der Waals surface area contributed by atoms with Crippen molar-refractivity contribution in [3.63, 3.8) is 0 Å². The van der Waals surface area contributed by atoms with Crippen LogP contribution in [0, 0.1) is 5.41 Å². The largest absolute Gasteiger partial charge is 0.508 e. The van der Waals surface area contributed by atoms with Crippen molar-refractivity contribution in [2.75, 3.05) is 13.2 Å². The highest BCUT2D eigenvalue weighted by Crippen LogP contribution is 2.25. The van der Waals surface area contributed by atoms with Crippen molar-refractivity contribution >= 4 is 12.1 Å². The Hall–Kier alpha value is -1.26. The standard InChI is InChI=1S/C12H20O5/c1-4-6-9(5-2)17-10(13)12(3)7-15-11(14)16-8-12/h9H,4-8H2,1-3H3. The summed E-state index contributed by atoms with van der Waals surface area (Å²) in [5, 5.41) is 0. The molecular formula is C12H20O5.